The minimum absolute atomic E-state index is 0.320. The van der Waals surface area contributed by atoms with Gasteiger partial charge in [0.05, 0.1) is 10.6 Å². The molecule has 1 aromatic heterocycles. The van der Waals surface area contributed by atoms with Crippen LogP contribution in [-0.4, -0.2) is 46.0 Å². The summed E-state index contributed by atoms with van der Waals surface area (Å²) in [6.07, 6.45) is 2.91. The number of benzene rings is 3. The summed E-state index contributed by atoms with van der Waals surface area (Å²) < 4.78 is 28.2. The van der Waals surface area contributed by atoms with E-state index in [0.717, 1.165) is 34.6 Å². The number of anilines is 1. The van der Waals surface area contributed by atoms with Gasteiger partial charge in [-0.25, -0.2) is 8.42 Å². The van der Waals surface area contributed by atoms with Gasteiger partial charge in [-0.15, -0.1) is 0 Å². The first-order chi connectivity index (χ1) is 13.9. The van der Waals surface area contributed by atoms with E-state index in [1.807, 2.05) is 68.8 Å². The lowest BCUT2D eigenvalue weighted by Crippen LogP contribution is -2.26. The van der Waals surface area contributed by atoms with Crippen molar-refractivity contribution in [1.29, 1.82) is 0 Å². The highest BCUT2D eigenvalue weighted by atomic mass is 32.2. The fraction of sp³-hybridized carbons (Fsp3) is 0.217. The van der Waals surface area contributed by atoms with Crippen LogP contribution in [0.25, 0.3) is 21.7 Å². The predicted molar refractivity (Wildman–Crippen MR) is 120 cm³/mol. The van der Waals surface area contributed by atoms with Crippen molar-refractivity contribution in [3.05, 3.63) is 72.4 Å². The Morgan fingerprint density at radius 3 is 2.45 bits per heavy atom. The summed E-state index contributed by atoms with van der Waals surface area (Å²) >= 11 is 0. The molecule has 4 rings (SSSR count). The highest BCUT2D eigenvalue weighted by Crippen LogP contribution is 2.30. The van der Waals surface area contributed by atoms with Crippen LogP contribution in [0.2, 0.25) is 0 Å². The Morgan fingerprint density at radius 1 is 0.897 bits per heavy atom. The molecule has 0 spiro atoms. The number of fused-ring (bicyclic) bond motifs is 2. The monoisotopic (exact) mass is 407 g/mol. The second-order valence-corrected chi connectivity index (χ2v) is 9.48. The van der Waals surface area contributed by atoms with E-state index < -0.39 is 10.0 Å². The van der Waals surface area contributed by atoms with E-state index in [2.05, 4.69) is 9.88 Å². The topological polar surface area (TPSA) is 56.4 Å². The lowest BCUT2D eigenvalue weighted by Gasteiger charge is -2.21. The molecule has 0 unspecified atom stereocenters. The van der Waals surface area contributed by atoms with Gasteiger partial charge in [0.1, 0.15) is 0 Å². The summed E-state index contributed by atoms with van der Waals surface area (Å²) in [4.78, 5) is 5.74. The molecule has 0 atom stereocenters. The summed E-state index contributed by atoms with van der Waals surface area (Å²) in [7, 11) is 2.01. The maximum atomic E-state index is 13.4. The van der Waals surface area contributed by atoms with Crippen LogP contribution in [-0.2, 0) is 16.4 Å². The van der Waals surface area contributed by atoms with Gasteiger partial charge in [0.15, 0.2) is 0 Å². The molecule has 4 aromatic rings. The van der Waals surface area contributed by atoms with Crippen LogP contribution < -0.4 is 4.31 Å². The maximum absolute atomic E-state index is 13.4. The Balaban J connectivity index is 1.75. The summed E-state index contributed by atoms with van der Waals surface area (Å²) in [6, 6.07) is 18.7. The average Bonchev–Trinajstić information content (AvgIpc) is 3.13. The lowest BCUT2D eigenvalue weighted by molar-refractivity contribution is 0.414. The molecular formula is C23H25N3O2S. The average molecular weight is 408 g/mol. The standard InChI is InChI=1S/C23H25N3O2S/c1-25(2)14-13-18-16-24-22-12-11-19(15-21(18)22)26(3)29(27,28)23-10-6-8-17-7-4-5-9-20(17)23/h4-12,15-16,24H,13-14H2,1-3H3. The lowest BCUT2D eigenvalue weighted by atomic mass is 10.1. The normalized spacial score (nSPS) is 12.1. The van der Waals surface area contributed by atoms with Crippen molar-refractivity contribution in [1.82, 2.24) is 9.88 Å². The number of aromatic nitrogens is 1. The summed E-state index contributed by atoms with van der Waals surface area (Å²) in [5.74, 6) is 0. The Bertz CT molecular complexity index is 1270. The fourth-order valence-corrected chi connectivity index (χ4v) is 5.02. The third kappa shape index (κ3) is 3.61. The Kier molecular flexibility index (Phi) is 5.06. The number of aromatic amines is 1. The number of rotatable bonds is 6. The third-order valence-electron chi connectivity index (χ3n) is 5.33. The largest absolute Gasteiger partial charge is 0.361 e. The van der Waals surface area contributed by atoms with E-state index in [-0.39, 0.29) is 0 Å². The van der Waals surface area contributed by atoms with Crippen molar-refractivity contribution in [2.45, 2.75) is 11.3 Å². The minimum Gasteiger partial charge on any atom is -0.361 e. The van der Waals surface area contributed by atoms with Crippen molar-refractivity contribution < 1.29 is 8.42 Å². The van der Waals surface area contributed by atoms with Gasteiger partial charge < -0.3 is 9.88 Å². The highest BCUT2D eigenvalue weighted by molar-refractivity contribution is 7.93. The molecule has 29 heavy (non-hydrogen) atoms. The number of H-pyrrole nitrogens is 1. The number of sulfonamides is 1. The molecule has 0 radical (unpaired) electrons. The maximum Gasteiger partial charge on any atom is 0.264 e. The molecular weight excluding hydrogens is 382 g/mol. The predicted octanol–water partition coefficient (Wildman–Crippen LogP) is 4.25. The highest BCUT2D eigenvalue weighted by Gasteiger charge is 2.24. The molecule has 5 nitrogen and oxygen atoms in total. The first-order valence-electron chi connectivity index (χ1n) is 9.59. The summed E-state index contributed by atoms with van der Waals surface area (Å²) in [5, 5.41) is 2.70. The van der Waals surface area contributed by atoms with Gasteiger partial charge in [-0.1, -0.05) is 36.4 Å². The number of nitrogens with zero attached hydrogens (tertiary/aromatic N) is 2. The van der Waals surface area contributed by atoms with E-state index in [1.54, 1.807) is 19.2 Å². The quantitative estimate of drug-likeness (QED) is 0.520. The molecule has 1 heterocycles. The molecule has 150 valence electrons. The van der Waals surface area contributed by atoms with E-state index >= 15 is 0 Å². The number of likely N-dealkylation sites (N-methyl/N-ethyl adjacent to an activating group) is 1. The van der Waals surface area contributed by atoms with Crippen LogP contribution in [0.5, 0.6) is 0 Å². The molecule has 0 saturated heterocycles. The zero-order valence-electron chi connectivity index (χ0n) is 16.9. The van der Waals surface area contributed by atoms with E-state index in [4.69, 9.17) is 0 Å². The smallest absolute Gasteiger partial charge is 0.264 e. The Hall–Kier alpha value is -2.83. The zero-order valence-corrected chi connectivity index (χ0v) is 17.7. The number of nitrogens with one attached hydrogen (secondary N) is 1. The molecule has 0 amide bonds. The minimum atomic E-state index is -3.69. The van der Waals surface area contributed by atoms with E-state index in [0.29, 0.717) is 10.6 Å². The molecule has 0 fully saturated rings. The zero-order chi connectivity index (χ0) is 20.6. The Morgan fingerprint density at radius 2 is 1.66 bits per heavy atom. The van der Waals surface area contributed by atoms with E-state index in [9.17, 15) is 8.42 Å². The molecule has 0 saturated carbocycles. The molecule has 3 aromatic carbocycles. The summed E-state index contributed by atoms with van der Waals surface area (Å²) in [6.45, 7) is 0.932. The summed E-state index contributed by atoms with van der Waals surface area (Å²) in [5.41, 5.74) is 2.85. The van der Waals surface area contributed by atoms with Gasteiger partial charge in [0.2, 0.25) is 0 Å². The first-order valence-corrected chi connectivity index (χ1v) is 11.0. The van der Waals surface area contributed by atoms with Crippen molar-refractivity contribution in [2.75, 3.05) is 32.0 Å². The second kappa shape index (κ2) is 7.54. The fourth-order valence-electron chi connectivity index (χ4n) is 3.62. The van der Waals surface area contributed by atoms with Crippen LogP contribution in [0.1, 0.15) is 5.56 Å². The molecule has 0 aliphatic heterocycles. The van der Waals surface area contributed by atoms with Crippen molar-refractivity contribution >= 4 is 37.4 Å². The van der Waals surface area contributed by atoms with Gasteiger partial charge in [-0.3, -0.25) is 4.31 Å². The molecule has 0 bridgehead atoms. The van der Waals surface area contributed by atoms with Gasteiger partial charge in [-0.2, -0.15) is 0 Å². The molecule has 0 aliphatic carbocycles. The molecule has 0 aliphatic rings. The van der Waals surface area contributed by atoms with Crippen LogP contribution in [0.4, 0.5) is 5.69 Å². The van der Waals surface area contributed by atoms with Crippen molar-refractivity contribution in [3.8, 4) is 0 Å². The number of hydrogen-bond acceptors (Lipinski definition) is 3. The van der Waals surface area contributed by atoms with Crippen LogP contribution in [0, 0.1) is 0 Å². The van der Waals surface area contributed by atoms with E-state index in [1.165, 1.54) is 9.87 Å². The number of hydrogen-bond donors (Lipinski definition) is 1. The van der Waals surface area contributed by atoms with Crippen molar-refractivity contribution in [3.63, 3.8) is 0 Å². The van der Waals surface area contributed by atoms with Crippen LogP contribution in [0.15, 0.2) is 71.8 Å². The third-order valence-corrected chi connectivity index (χ3v) is 7.17. The van der Waals surface area contributed by atoms with Crippen LogP contribution in [0.3, 0.4) is 0 Å². The van der Waals surface area contributed by atoms with Gasteiger partial charge in [0.25, 0.3) is 10.0 Å². The molecule has 6 heteroatoms. The first kappa shape index (κ1) is 19.5. The van der Waals surface area contributed by atoms with Gasteiger partial charge in [0, 0.05) is 36.1 Å². The van der Waals surface area contributed by atoms with Crippen molar-refractivity contribution in [2.24, 2.45) is 0 Å². The van der Waals surface area contributed by atoms with Gasteiger partial charge in [-0.05, 0) is 55.7 Å². The molecule has 1 N–H and O–H groups in total. The SMILES string of the molecule is CN(C)CCc1c[nH]c2ccc(N(C)S(=O)(=O)c3cccc4ccccc34)cc12. The Labute approximate surface area is 171 Å². The van der Waals surface area contributed by atoms with Gasteiger partial charge >= 0.3 is 0 Å². The second-order valence-electron chi connectivity index (χ2n) is 7.55. The van der Waals surface area contributed by atoms with Crippen LogP contribution >= 0.6 is 0 Å².